The van der Waals surface area contributed by atoms with Gasteiger partial charge in [0.1, 0.15) is 6.10 Å². The topological polar surface area (TPSA) is 94.6 Å². The van der Waals surface area contributed by atoms with Gasteiger partial charge in [-0.15, -0.1) is 0 Å². The molecule has 1 rings (SSSR count). The van der Waals surface area contributed by atoms with E-state index in [2.05, 4.69) is 4.18 Å². The van der Waals surface area contributed by atoms with E-state index in [1.54, 1.807) is 6.92 Å². The van der Waals surface area contributed by atoms with Crippen molar-refractivity contribution in [3.05, 3.63) is 29.8 Å². The van der Waals surface area contributed by atoms with Gasteiger partial charge >= 0.3 is 18.0 Å². The summed E-state index contributed by atoms with van der Waals surface area (Å²) in [5, 5.41) is 0. The number of aryl methyl sites for hydroxylation is 1. The van der Waals surface area contributed by atoms with E-state index in [1.807, 2.05) is 0 Å². The number of ketones is 1. The Balaban J connectivity index is 3.14. The molecule has 0 radical (unpaired) electrons. The molecule has 0 spiro atoms. The van der Waals surface area contributed by atoms with Crippen molar-refractivity contribution in [2.24, 2.45) is 0 Å². The molecule has 1 aromatic rings. The van der Waals surface area contributed by atoms with Crippen molar-refractivity contribution in [3.63, 3.8) is 0 Å². The van der Waals surface area contributed by atoms with Gasteiger partial charge in [-0.3, -0.25) is 4.79 Å². The van der Waals surface area contributed by atoms with Gasteiger partial charge in [0.15, 0.2) is 5.78 Å². The average molecular weight is 320 g/mol. The van der Waals surface area contributed by atoms with Crippen molar-refractivity contribution in [2.75, 3.05) is 0 Å². The Morgan fingerprint density at radius 2 is 1.65 bits per heavy atom. The van der Waals surface area contributed by atoms with Crippen LogP contribution in [0.4, 0.5) is 0 Å². The molecule has 0 aliphatic carbocycles. The van der Waals surface area contributed by atoms with E-state index in [0.717, 1.165) is 5.56 Å². The van der Waals surface area contributed by atoms with Crippen molar-refractivity contribution in [3.8, 4) is 0 Å². The van der Waals surface area contributed by atoms with Crippen LogP contribution in [0.3, 0.4) is 0 Å². The Morgan fingerprint density at radius 3 is 2.10 bits per heavy atom. The maximum atomic E-state index is 12.0. The molecule has 0 saturated heterocycles. The summed E-state index contributed by atoms with van der Waals surface area (Å²) in [6.45, 7) is 4.47. The van der Waals surface area contributed by atoms with Crippen LogP contribution >= 0.6 is 0 Å². The second kappa shape index (κ2) is 6.02. The predicted molar refractivity (Wildman–Crippen MR) is 73.1 cm³/mol. The van der Waals surface area contributed by atoms with Gasteiger partial charge in [0.25, 0.3) is 0 Å². The number of hydrogen-bond acceptors (Lipinski definition) is 6. The largest absolute Gasteiger partial charge is 0.380 e. The van der Waals surface area contributed by atoms with Gasteiger partial charge in [-0.05, 0) is 26.0 Å². The summed E-state index contributed by atoms with van der Waals surface area (Å²) in [7, 11) is -9.62. The minimum absolute atomic E-state index is 0.0568. The lowest BCUT2D eigenvalue weighted by molar-refractivity contribution is -0.124. The van der Waals surface area contributed by atoms with Crippen LogP contribution in [-0.4, -0.2) is 28.7 Å². The van der Waals surface area contributed by atoms with Crippen LogP contribution in [0.2, 0.25) is 0 Å². The fraction of sp³-hybridized carbons (Fsp3) is 0.417. The highest BCUT2D eigenvalue weighted by Gasteiger charge is 2.35. The second-order valence-electron chi connectivity index (χ2n) is 4.23. The van der Waals surface area contributed by atoms with Gasteiger partial charge in [-0.1, -0.05) is 24.6 Å². The Morgan fingerprint density at radius 1 is 1.15 bits per heavy atom. The van der Waals surface area contributed by atoms with Crippen molar-refractivity contribution < 1.29 is 25.8 Å². The van der Waals surface area contributed by atoms with Crippen LogP contribution in [0, 0.1) is 6.92 Å². The molecule has 0 aliphatic heterocycles. The Bertz CT molecular complexity index is 686. The lowest BCUT2D eigenvalue weighted by Gasteiger charge is -2.11. The maximum Gasteiger partial charge on any atom is 0.380 e. The third-order valence-corrected chi connectivity index (χ3v) is 6.98. The van der Waals surface area contributed by atoms with Crippen molar-refractivity contribution >= 4 is 23.8 Å². The van der Waals surface area contributed by atoms with Gasteiger partial charge in [0.05, 0.1) is 4.90 Å². The quantitative estimate of drug-likeness (QED) is 0.735. The average Bonchev–Trinajstić information content (AvgIpc) is 2.37. The van der Waals surface area contributed by atoms with Crippen molar-refractivity contribution in [1.29, 1.82) is 0 Å². The van der Waals surface area contributed by atoms with E-state index in [1.165, 1.54) is 38.1 Å². The first-order chi connectivity index (χ1) is 9.11. The highest BCUT2D eigenvalue weighted by atomic mass is 33.2. The van der Waals surface area contributed by atoms with Crippen LogP contribution < -0.4 is 0 Å². The molecule has 0 amide bonds. The fourth-order valence-corrected chi connectivity index (χ4v) is 4.37. The fourth-order valence-electron chi connectivity index (χ4n) is 1.39. The van der Waals surface area contributed by atoms with Crippen molar-refractivity contribution in [1.82, 2.24) is 0 Å². The van der Waals surface area contributed by atoms with Crippen molar-refractivity contribution in [2.45, 2.75) is 38.2 Å². The minimum Gasteiger partial charge on any atom is -0.297 e. The lowest BCUT2D eigenvalue weighted by atomic mass is 10.2. The molecule has 1 aromatic carbocycles. The zero-order valence-corrected chi connectivity index (χ0v) is 13.0. The van der Waals surface area contributed by atoms with E-state index in [4.69, 9.17) is 0 Å². The van der Waals surface area contributed by atoms with E-state index in [9.17, 15) is 21.6 Å². The molecule has 1 atom stereocenters. The first-order valence-electron chi connectivity index (χ1n) is 5.89. The molecular weight excluding hydrogens is 304 g/mol. The molecule has 0 fully saturated rings. The normalized spacial score (nSPS) is 13.9. The Hall–Kier alpha value is -1.25. The second-order valence-corrected chi connectivity index (χ2v) is 9.16. The third-order valence-electron chi connectivity index (χ3n) is 2.64. The number of Topliss-reactive ketones (excluding diaryl/α,β-unsaturated/α-hetero) is 1. The first kappa shape index (κ1) is 16.8. The number of rotatable bonds is 6. The van der Waals surface area contributed by atoms with Gasteiger partial charge in [0, 0.05) is 6.42 Å². The zero-order valence-electron chi connectivity index (χ0n) is 11.4. The highest BCUT2D eigenvalue weighted by molar-refractivity contribution is 8.65. The van der Waals surface area contributed by atoms with Crippen LogP contribution in [0.15, 0.2) is 29.2 Å². The summed E-state index contributed by atoms with van der Waals surface area (Å²) >= 11 is 0. The first-order valence-corrected chi connectivity index (χ1v) is 9.30. The summed E-state index contributed by atoms with van der Waals surface area (Å²) in [5.74, 6) is -0.493. The Kier molecular flexibility index (Phi) is 5.06. The molecule has 8 heteroatoms. The molecule has 0 heterocycles. The van der Waals surface area contributed by atoms with E-state index < -0.39 is 29.9 Å². The summed E-state index contributed by atoms with van der Waals surface area (Å²) in [4.78, 5) is 10.9. The van der Waals surface area contributed by atoms with Gasteiger partial charge in [-0.25, -0.2) is 12.6 Å². The smallest absolute Gasteiger partial charge is 0.297 e. The molecule has 6 nitrogen and oxygen atoms in total. The lowest BCUT2D eigenvalue weighted by Crippen LogP contribution is -2.28. The molecule has 20 heavy (non-hydrogen) atoms. The minimum atomic E-state index is -4.93. The summed E-state index contributed by atoms with van der Waals surface area (Å²) in [6, 6.07) is 5.31. The summed E-state index contributed by atoms with van der Waals surface area (Å²) in [6.07, 6.45) is -1.27. The number of carbonyl (C=O) groups excluding carboxylic acids is 1. The molecule has 1 unspecified atom stereocenters. The number of hydrogen-bond donors (Lipinski definition) is 0. The Labute approximate surface area is 118 Å². The monoisotopic (exact) mass is 320 g/mol. The molecule has 112 valence electrons. The molecule has 0 aliphatic rings. The summed E-state index contributed by atoms with van der Waals surface area (Å²) in [5.41, 5.74) is 0.789. The van der Waals surface area contributed by atoms with Gasteiger partial charge < -0.3 is 0 Å². The SMILES string of the molecule is CCC(=O)C(C)OS(=O)(=O)S(=O)(=O)c1ccc(C)cc1. The van der Waals surface area contributed by atoms with E-state index >= 15 is 0 Å². The van der Waals surface area contributed by atoms with Crippen LogP contribution in [-0.2, 0) is 27.0 Å². The molecule has 0 N–H and O–H groups in total. The highest BCUT2D eigenvalue weighted by Crippen LogP contribution is 2.20. The number of carbonyl (C=O) groups is 1. The third kappa shape index (κ3) is 3.44. The molecule has 0 aromatic heterocycles. The van der Waals surface area contributed by atoms with Crippen LogP contribution in [0.1, 0.15) is 25.8 Å². The standard InChI is InChI=1S/C12H16O6S2/c1-4-12(13)10(3)18-20(16,17)19(14,15)11-7-5-9(2)6-8-11/h5-8,10H,4H2,1-3H3. The maximum absolute atomic E-state index is 12.0. The molecule has 0 bridgehead atoms. The van der Waals surface area contributed by atoms with E-state index in [0.29, 0.717) is 0 Å². The number of benzene rings is 1. The zero-order chi connectivity index (χ0) is 15.6. The molecular formula is C12H16O6S2. The molecule has 0 saturated carbocycles. The van der Waals surface area contributed by atoms with Gasteiger partial charge in [0.2, 0.25) is 0 Å². The van der Waals surface area contributed by atoms with Gasteiger partial charge in [-0.2, -0.15) is 8.42 Å². The van der Waals surface area contributed by atoms with E-state index in [-0.39, 0.29) is 11.3 Å². The summed E-state index contributed by atoms with van der Waals surface area (Å²) < 4.78 is 52.1. The van der Waals surface area contributed by atoms with Crippen LogP contribution in [0.5, 0.6) is 0 Å². The predicted octanol–water partition coefficient (Wildman–Crippen LogP) is 1.40. The van der Waals surface area contributed by atoms with Crippen LogP contribution in [0.25, 0.3) is 0 Å².